The molecule has 2 rings (SSSR count). The number of esters is 1. The Kier molecular flexibility index (Phi) is 4.02. The Morgan fingerprint density at radius 2 is 2.12 bits per heavy atom. The largest absolute Gasteiger partial charge is 0.469 e. The van der Waals surface area contributed by atoms with Crippen LogP contribution in [-0.4, -0.2) is 25.7 Å². The molecule has 0 N–H and O–H groups in total. The highest BCUT2D eigenvalue weighted by molar-refractivity contribution is 5.71. The molecule has 1 aromatic carbocycles. The molecule has 1 unspecified atom stereocenters. The van der Waals surface area contributed by atoms with Crippen LogP contribution in [-0.2, 0) is 9.53 Å². The SMILES string of the molecule is COC(=O)CC1CCCCN1c1ccccc1. The molecule has 0 radical (unpaired) electrons. The molecule has 1 aliphatic rings. The number of hydrogen-bond acceptors (Lipinski definition) is 3. The normalized spacial score (nSPS) is 20.1. The molecule has 0 amide bonds. The van der Waals surface area contributed by atoms with E-state index in [1.165, 1.54) is 25.6 Å². The number of carbonyl (C=O) groups excluding carboxylic acids is 1. The number of rotatable bonds is 3. The van der Waals surface area contributed by atoms with Crippen LogP contribution in [0.25, 0.3) is 0 Å². The second-order valence-electron chi connectivity index (χ2n) is 4.46. The van der Waals surface area contributed by atoms with Gasteiger partial charge in [0.15, 0.2) is 0 Å². The van der Waals surface area contributed by atoms with E-state index < -0.39 is 0 Å². The smallest absolute Gasteiger partial charge is 0.307 e. The maximum absolute atomic E-state index is 11.4. The van der Waals surface area contributed by atoms with Crippen molar-refractivity contribution in [3.63, 3.8) is 0 Å². The first kappa shape index (κ1) is 12.0. The number of para-hydroxylation sites is 1. The molecule has 92 valence electrons. The molecule has 1 fully saturated rings. The van der Waals surface area contributed by atoms with Crippen LogP contribution in [0.3, 0.4) is 0 Å². The lowest BCUT2D eigenvalue weighted by atomic mass is 9.98. The monoisotopic (exact) mass is 233 g/mol. The Labute approximate surface area is 102 Å². The number of benzene rings is 1. The average molecular weight is 233 g/mol. The van der Waals surface area contributed by atoms with E-state index in [2.05, 4.69) is 17.0 Å². The molecule has 0 aromatic heterocycles. The second-order valence-corrected chi connectivity index (χ2v) is 4.46. The summed E-state index contributed by atoms with van der Waals surface area (Å²) in [5.74, 6) is -0.113. The third-order valence-electron chi connectivity index (χ3n) is 3.34. The Morgan fingerprint density at radius 1 is 1.35 bits per heavy atom. The van der Waals surface area contributed by atoms with Crippen molar-refractivity contribution in [1.29, 1.82) is 0 Å². The summed E-state index contributed by atoms with van der Waals surface area (Å²) in [6.45, 7) is 1.03. The van der Waals surface area contributed by atoms with Crippen molar-refractivity contribution in [2.75, 3.05) is 18.6 Å². The lowest BCUT2D eigenvalue weighted by Gasteiger charge is -2.37. The van der Waals surface area contributed by atoms with Crippen LogP contribution in [0, 0.1) is 0 Å². The van der Waals surface area contributed by atoms with Crippen molar-refractivity contribution in [2.24, 2.45) is 0 Å². The highest BCUT2D eigenvalue weighted by atomic mass is 16.5. The van der Waals surface area contributed by atoms with E-state index in [4.69, 9.17) is 4.74 Å². The zero-order chi connectivity index (χ0) is 12.1. The minimum atomic E-state index is -0.113. The van der Waals surface area contributed by atoms with Crippen molar-refractivity contribution >= 4 is 11.7 Å². The number of anilines is 1. The number of carbonyl (C=O) groups is 1. The highest BCUT2D eigenvalue weighted by Crippen LogP contribution is 2.26. The van der Waals surface area contributed by atoms with E-state index >= 15 is 0 Å². The van der Waals surface area contributed by atoms with Crippen LogP contribution in [0.4, 0.5) is 5.69 Å². The topological polar surface area (TPSA) is 29.5 Å². The highest BCUT2D eigenvalue weighted by Gasteiger charge is 2.25. The Hall–Kier alpha value is -1.51. The molecule has 3 heteroatoms. The van der Waals surface area contributed by atoms with Gasteiger partial charge in [-0.3, -0.25) is 4.79 Å². The number of methoxy groups -OCH3 is 1. The van der Waals surface area contributed by atoms with Crippen LogP contribution in [0.1, 0.15) is 25.7 Å². The van der Waals surface area contributed by atoms with Gasteiger partial charge in [-0.25, -0.2) is 0 Å². The number of hydrogen-bond donors (Lipinski definition) is 0. The first-order chi connectivity index (χ1) is 8.31. The molecule has 0 bridgehead atoms. The second kappa shape index (κ2) is 5.71. The fourth-order valence-electron chi connectivity index (χ4n) is 2.45. The summed E-state index contributed by atoms with van der Waals surface area (Å²) >= 11 is 0. The summed E-state index contributed by atoms with van der Waals surface area (Å²) in [5.41, 5.74) is 1.21. The first-order valence-corrected chi connectivity index (χ1v) is 6.20. The number of ether oxygens (including phenoxy) is 1. The first-order valence-electron chi connectivity index (χ1n) is 6.20. The third-order valence-corrected chi connectivity index (χ3v) is 3.34. The van der Waals surface area contributed by atoms with Crippen LogP contribution in [0.15, 0.2) is 30.3 Å². The summed E-state index contributed by atoms with van der Waals surface area (Å²) in [5, 5.41) is 0. The average Bonchev–Trinajstić information content (AvgIpc) is 2.40. The maximum atomic E-state index is 11.4. The van der Waals surface area contributed by atoms with E-state index in [0.717, 1.165) is 13.0 Å². The summed E-state index contributed by atoms with van der Waals surface area (Å²) in [4.78, 5) is 13.7. The predicted octanol–water partition coefficient (Wildman–Crippen LogP) is 2.61. The molecule has 3 nitrogen and oxygen atoms in total. The van der Waals surface area contributed by atoms with Crippen LogP contribution in [0.2, 0.25) is 0 Å². The Balaban J connectivity index is 2.09. The van der Waals surface area contributed by atoms with Gasteiger partial charge in [0.2, 0.25) is 0 Å². The quantitative estimate of drug-likeness (QED) is 0.752. The van der Waals surface area contributed by atoms with Gasteiger partial charge in [0.05, 0.1) is 13.5 Å². The minimum Gasteiger partial charge on any atom is -0.469 e. The van der Waals surface area contributed by atoms with Crippen molar-refractivity contribution in [3.8, 4) is 0 Å². The van der Waals surface area contributed by atoms with Crippen LogP contribution >= 0.6 is 0 Å². The fraction of sp³-hybridized carbons (Fsp3) is 0.500. The zero-order valence-corrected chi connectivity index (χ0v) is 10.3. The van der Waals surface area contributed by atoms with E-state index in [9.17, 15) is 4.79 Å². The molecular formula is C14H19NO2. The van der Waals surface area contributed by atoms with Gasteiger partial charge in [-0.15, -0.1) is 0 Å². The molecule has 1 heterocycles. The number of nitrogens with zero attached hydrogens (tertiary/aromatic N) is 1. The Morgan fingerprint density at radius 3 is 2.82 bits per heavy atom. The van der Waals surface area contributed by atoms with Gasteiger partial charge in [-0.05, 0) is 31.4 Å². The van der Waals surface area contributed by atoms with E-state index in [1.54, 1.807) is 0 Å². The molecule has 0 spiro atoms. The summed E-state index contributed by atoms with van der Waals surface area (Å²) in [6.07, 6.45) is 3.97. The molecule has 1 saturated heterocycles. The van der Waals surface area contributed by atoms with E-state index in [-0.39, 0.29) is 5.97 Å². The van der Waals surface area contributed by atoms with E-state index in [1.807, 2.05) is 18.2 Å². The van der Waals surface area contributed by atoms with Crippen molar-refractivity contribution in [1.82, 2.24) is 0 Å². The van der Waals surface area contributed by atoms with Gasteiger partial charge in [0.1, 0.15) is 0 Å². The van der Waals surface area contributed by atoms with E-state index in [0.29, 0.717) is 12.5 Å². The van der Waals surface area contributed by atoms with Crippen LogP contribution in [0.5, 0.6) is 0 Å². The lowest BCUT2D eigenvalue weighted by molar-refractivity contribution is -0.141. The molecule has 1 aliphatic heterocycles. The molecule has 0 aliphatic carbocycles. The van der Waals surface area contributed by atoms with Crippen LogP contribution < -0.4 is 4.90 Å². The van der Waals surface area contributed by atoms with Gasteiger partial charge < -0.3 is 9.64 Å². The lowest BCUT2D eigenvalue weighted by Crippen LogP contribution is -2.41. The molecule has 0 saturated carbocycles. The van der Waals surface area contributed by atoms with Gasteiger partial charge in [0.25, 0.3) is 0 Å². The standard InChI is InChI=1S/C14H19NO2/c1-17-14(16)11-13-9-5-6-10-15(13)12-7-3-2-4-8-12/h2-4,7-8,13H,5-6,9-11H2,1H3. The maximum Gasteiger partial charge on any atom is 0.307 e. The number of piperidine rings is 1. The minimum absolute atomic E-state index is 0.113. The summed E-state index contributed by atoms with van der Waals surface area (Å²) < 4.78 is 4.77. The van der Waals surface area contributed by atoms with Crippen molar-refractivity contribution in [2.45, 2.75) is 31.7 Å². The zero-order valence-electron chi connectivity index (χ0n) is 10.3. The van der Waals surface area contributed by atoms with Crippen molar-refractivity contribution < 1.29 is 9.53 Å². The van der Waals surface area contributed by atoms with Gasteiger partial charge >= 0.3 is 5.97 Å². The van der Waals surface area contributed by atoms with Gasteiger partial charge in [0, 0.05) is 18.3 Å². The predicted molar refractivity (Wildman–Crippen MR) is 68.1 cm³/mol. The molecule has 1 aromatic rings. The van der Waals surface area contributed by atoms with Gasteiger partial charge in [-0.2, -0.15) is 0 Å². The summed E-state index contributed by atoms with van der Waals surface area (Å²) in [6, 6.07) is 10.6. The molecular weight excluding hydrogens is 214 g/mol. The third kappa shape index (κ3) is 2.99. The van der Waals surface area contributed by atoms with Gasteiger partial charge in [-0.1, -0.05) is 18.2 Å². The Bertz CT molecular complexity index is 364. The molecule has 17 heavy (non-hydrogen) atoms. The fourth-order valence-corrected chi connectivity index (χ4v) is 2.45. The molecule has 1 atom stereocenters. The summed E-state index contributed by atoms with van der Waals surface area (Å²) in [7, 11) is 1.46. The van der Waals surface area contributed by atoms with Crippen molar-refractivity contribution in [3.05, 3.63) is 30.3 Å².